The Kier molecular flexibility index (Phi) is 7.92. The number of esters is 1. The second-order valence-electron chi connectivity index (χ2n) is 6.34. The molecule has 1 aliphatic rings. The lowest BCUT2D eigenvalue weighted by molar-refractivity contribution is -0.148. The van der Waals surface area contributed by atoms with Gasteiger partial charge in [-0.2, -0.15) is 0 Å². The van der Waals surface area contributed by atoms with Crippen LogP contribution < -0.4 is 15.4 Å². The van der Waals surface area contributed by atoms with E-state index in [1.807, 2.05) is 0 Å². The first-order valence-corrected chi connectivity index (χ1v) is 8.95. The first-order chi connectivity index (χ1) is 12.6. The molecule has 2 N–H and O–H groups in total. The number of methoxy groups -OCH3 is 1. The number of hydrogen-bond donors (Lipinski definition) is 2. The van der Waals surface area contributed by atoms with Gasteiger partial charge in [0.05, 0.1) is 13.5 Å². The summed E-state index contributed by atoms with van der Waals surface area (Å²) in [6, 6.07) is 7.03. The van der Waals surface area contributed by atoms with E-state index in [-0.39, 0.29) is 31.4 Å². The van der Waals surface area contributed by atoms with Crippen molar-refractivity contribution in [2.75, 3.05) is 19.0 Å². The minimum Gasteiger partial charge on any atom is -0.497 e. The second-order valence-corrected chi connectivity index (χ2v) is 6.34. The molecule has 0 radical (unpaired) electrons. The van der Waals surface area contributed by atoms with Crippen molar-refractivity contribution >= 4 is 23.5 Å². The van der Waals surface area contributed by atoms with Gasteiger partial charge in [0.15, 0.2) is 6.61 Å². The van der Waals surface area contributed by atoms with E-state index in [2.05, 4.69) is 10.6 Å². The molecule has 7 nitrogen and oxygen atoms in total. The van der Waals surface area contributed by atoms with Crippen molar-refractivity contribution in [1.82, 2.24) is 5.32 Å². The van der Waals surface area contributed by atoms with Crippen LogP contribution in [0.25, 0.3) is 0 Å². The van der Waals surface area contributed by atoms with Gasteiger partial charge in [0.25, 0.3) is 5.91 Å². The molecule has 26 heavy (non-hydrogen) atoms. The van der Waals surface area contributed by atoms with E-state index in [0.29, 0.717) is 11.4 Å². The van der Waals surface area contributed by atoms with Crippen LogP contribution in [0.3, 0.4) is 0 Å². The van der Waals surface area contributed by atoms with Crippen LogP contribution in [0.15, 0.2) is 24.3 Å². The van der Waals surface area contributed by atoms with Gasteiger partial charge >= 0.3 is 5.97 Å². The van der Waals surface area contributed by atoms with Gasteiger partial charge in [-0.3, -0.25) is 14.4 Å². The van der Waals surface area contributed by atoms with Crippen LogP contribution in [-0.4, -0.2) is 37.5 Å². The Morgan fingerprint density at radius 2 is 1.69 bits per heavy atom. The number of nitrogens with one attached hydrogen (secondary N) is 2. The van der Waals surface area contributed by atoms with Crippen molar-refractivity contribution in [1.29, 1.82) is 0 Å². The van der Waals surface area contributed by atoms with Crippen LogP contribution in [0, 0.1) is 0 Å². The fourth-order valence-electron chi connectivity index (χ4n) is 2.85. The van der Waals surface area contributed by atoms with Crippen molar-refractivity contribution in [3.63, 3.8) is 0 Å². The second kappa shape index (κ2) is 10.4. The van der Waals surface area contributed by atoms with Crippen LogP contribution >= 0.6 is 0 Å². The van der Waals surface area contributed by atoms with Crippen molar-refractivity contribution < 1.29 is 23.9 Å². The van der Waals surface area contributed by atoms with E-state index in [1.54, 1.807) is 31.4 Å². The third kappa shape index (κ3) is 7.13. The molecular weight excluding hydrogens is 336 g/mol. The molecule has 0 heterocycles. The summed E-state index contributed by atoms with van der Waals surface area (Å²) < 4.78 is 9.94. The van der Waals surface area contributed by atoms with Gasteiger partial charge in [0.1, 0.15) is 5.75 Å². The summed E-state index contributed by atoms with van der Waals surface area (Å²) in [5.41, 5.74) is 0.582. The predicted octanol–water partition coefficient (Wildman–Crippen LogP) is 2.41. The summed E-state index contributed by atoms with van der Waals surface area (Å²) in [5.74, 6) is -0.457. The average molecular weight is 362 g/mol. The number of benzene rings is 1. The van der Waals surface area contributed by atoms with Crippen LogP contribution in [0.2, 0.25) is 0 Å². The van der Waals surface area contributed by atoms with Crippen LogP contribution in [-0.2, 0) is 19.1 Å². The molecule has 0 aromatic heterocycles. The van der Waals surface area contributed by atoms with E-state index >= 15 is 0 Å². The van der Waals surface area contributed by atoms with Gasteiger partial charge in [0, 0.05) is 18.2 Å². The summed E-state index contributed by atoms with van der Waals surface area (Å²) >= 11 is 0. The Balaban J connectivity index is 1.61. The smallest absolute Gasteiger partial charge is 0.306 e. The topological polar surface area (TPSA) is 93.7 Å². The van der Waals surface area contributed by atoms with E-state index in [9.17, 15) is 14.4 Å². The maximum Gasteiger partial charge on any atom is 0.306 e. The molecular formula is C19H26N2O5. The summed E-state index contributed by atoms with van der Waals surface area (Å²) in [7, 11) is 1.56. The monoisotopic (exact) mass is 362 g/mol. The third-order valence-electron chi connectivity index (χ3n) is 4.26. The largest absolute Gasteiger partial charge is 0.497 e. The van der Waals surface area contributed by atoms with Gasteiger partial charge in [-0.15, -0.1) is 0 Å². The standard InChI is InChI=1S/C19H26N2O5/c1-25-16-9-7-15(8-10-16)21-18(23)13-26-19(24)12-11-17(22)20-14-5-3-2-4-6-14/h7-10,14H,2-6,11-13H2,1H3,(H,20,22)(H,21,23). The Bertz CT molecular complexity index is 609. The summed E-state index contributed by atoms with van der Waals surface area (Å²) in [5, 5.41) is 5.56. The Labute approximate surface area is 153 Å². The summed E-state index contributed by atoms with van der Waals surface area (Å²) in [6.45, 7) is -0.380. The summed E-state index contributed by atoms with van der Waals surface area (Å²) in [4.78, 5) is 35.3. The molecule has 0 saturated heterocycles. The van der Waals surface area contributed by atoms with Crippen molar-refractivity contribution in [2.45, 2.75) is 51.0 Å². The molecule has 0 aliphatic heterocycles. The quantitative estimate of drug-likeness (QED) is 0.693. The fourth-order valence-corrected chi connectivity index (χ4v) is 2.85. The lowest BCUT2D eigenvalue weighted by Gasteiger charge is -2.22. The highest BCUT2D eigenvalue weighted by Crippen LogP contribution is 2.17. The molecule has 0 spiro atoms. The first kappa shape index (κ1) is 19.8. The molecule has 1 saturated carbocycles. The number of rotatable bonds is 8. The number of carbonyl (C=O) groups excluding carboxylic acids is 3. The molecule has 2 rings (SSSR count). The number of ether oxygens (including phenoxy) is 2. The summed E-state index contributed by atoms with van der Waals surface area (Å²) in [6.07, 6.45) is 5.54. The first-order valence-electron chi connectivity index (χ1n) is 8.95. The molecule has 1 aromatic carbocycles. The highest BCUT2D eigenvalue weighted by molar-refractivity contribution is 5.93. The van der Waals surface area contributed by atoms with Crippen molar-refractivity contribution in [2.24, 2.45) is 0 Å². The van der Waals surface area contributed by atoms with Gasteiger partial charge in [-0.05, 0) is 37.1 Å². The third-order valence-corrected chi connectivity index (χ3v) is 4.26. The number of amides is 2. The Morgan fingerprint density at radius 1 is 1.00 bits per heavy atom. The van der Waals surface area contributed by atoms with E-state index in [1.165, 1.54) is 6.42 Å². The van der Waals surface area contributed by atoms with Gasteiger partial charge < -0.3 is 20.1 Å². The Hall–Kier alpha value is -2.57. The number of hydrogen-bond acceptors (Lipinski definition) is 5. The molecule has 1 aromatic rings. The molecule has 1 fully saturated rings. The van der Waals surface area contributed by atoms with Crippen molar-refractivity contribution in [3.8, 4) is 5.75 Å². The zero-order valence-electron chi connectivity index (χ0n) is 15.1. The predicted molar refractivity (Wildman–Crippen MR) is 96.8 cm³/mol. The maximum absolute atomic E-state index is 11.8. The van der Waals surface area contributed by atoms with Crippen molar-refractivity contribution in [3.05, 3.63) is 24.3 Å². The van der Waals surface area contributed by atoms with E-state index < -0.39 is 11.9 Å². The number of carbonyl (C=O) groups is 3. The van der Waals surface area contributed by atoms with Crippen LogP contribution in [0.5, 0.6) is 5.75 Å². The molecule has 142 valence electrons. The molecule has 0 atom stereocenters. The zero-order valence-corrected chi connectivity index (χ0v) is 15.1. The van der Waals surface area contributed by atoms with Gasteiger partial charge in [-0.1, -0.05) is 19.3 Å². The van der Waals surface area contributed by atoms with E-state index in [0.717, 1.165) is 25.7 Å². The molecule has 0 bridgehead atoms. The molecule has 1 aliphatic carbocycles. The highest BCUT2D eigenvalue weighted by Gasteiger charge is 2.16. The normalized spacial score (nSPS) is 14.3. The van der Waals surface area contributed by atoms with Crippen LogP contribution in [0.4, 0.5) is 5.69 Å². The zero-order chi connectivity index (χ0) is 18.8. The molecule has 7 heteroatoms. The molecule has 2 amide bonds. The molecule has 0 unspecified atom stereocenters. The minimum atomic E-state index is -0.561. The van der Waals surface area contributed by atoms with Gasteiger partial charge in [0.2, 0.25) is 5.91 Å². The average Bonchev–Trinajstić information content (AvgIpc) is 2.66. The van der Waals surface area contributed by atoms with E-state index in [4.69, 9.17) is 9.47 Å². The SMILES string of the molecule is COc1ccc(NC(=O)COC(=O)CCC(=O)NC2CCCCC2)cc1. The lowest BCUT2D eigenvalue weighted by atomic mass is 9.95. The maximum atomic E-state index is 11.8. The number of anilines is 1. The highest BCUT2D eigenvalue weighted by atomic mass is 16.5. The van der Waals surface area contributed by atoms with Crippen LogP contribution in [0.1, 0.15) is 44.9 Å². The fraction of sp³-hybridized carbons (Fsp3) is 0.526. The Morgan fingerprint density at radius 3 is 2.35 bits per heavy atom. The van der Waals surface area contributed by atoms with Gasteiger partial charge in [-0.25, -0.2) is 0 Å². The lowest BCUT2D eigenvalue weighted by Crippen LogP contribution is -2.36. The minimum absolute atomic E-state index is 0.0334.